The zero-order valence-corrected chi connectivity index (χ0v) is 14.5. The molecule has 0 aliphatic heterocycles. The highest BCUT2D eigenvalue weighted by Gasteiger charge is 2.12. The van der Waals surface area contributed by atoms with Crippen LogP contribution in [0.3, 0.4) is 0 Å². The smallest absolute Gasteiger partial charge is 0.335 e. The summed E-state index contributed by atoms with van der Waals surface area (Å²) >= 11 is 2.79. The Kier molecular flexibility index (Phi) is 4.04. The van der Waals surface area contributed by atoms with Crippen LogP contribution >= 0.6 is 23.3 Å². The molecular weight excluding hydrogens is 354 g/mol. The van der Waals surface area contributed by atoms with E-state index in [4.69, 9.17) is 5.14 Å². The maximum absolute atomic E-state index is 11.2. The van der Waals surface area contributed by atoms with Gasteiger partial charge in [0.1, 0.15) is 5.82 Å². The van der Waals surface area contributed by atoms with Crippen LogP contribution in [0.15, 0.2) is 58.8 Å². The Morgan fingerprint density at radius 3 is 2.84 bits per heavy atom. The molecule has 4 rings (SSSR count). The third-order valence-electron chi connectivity index (χ3n) is 3.87. The average Bonchev–Trinajstić information content (AvgIpc) is 3.12. The molecule has 0 aliphatic carbocycles. The molecular formula is C18H13N3O2S2. The van der Waals surface area contributed by atoms with Gasteiger partial charge in [-0.15, -0.1) is 11.3 Å². The summed E-state index contributed by atoms with van der Waals surface area (Å²) < 4.78 is 1.08. The van der Waals surface area contributed by atoms with E-state index < -0.39 is 5.97 Å². The molecule has 2 heterocycles. The number of aromatic carboxylic acids is 1. The van der Waals surface area contributed by atoms with Gasteiger partial charge in [-0.05, 0) is 53.7 Å². The third-order valence-corrected chi connectivity index (χ3v) is 5.35. The Morgan fingerprint density at radius 2 is 2.04 bits per heavy atom. The summed E-state index contributed by atoms with van der Waals surface area (Å²) in [6.45, 7) is 0. The van der Waals surface area contributed by atoms with E-state index in [1.165, 1.54) is 11.9 Å². The van der Waals surface area contributed by atoms with Crippen LogP contribution in [-0.4, -0.2) is 16.1 Å². The van der Waals surface area contributed by atoms with E-state index >= 15 is 0 Å². The molecule has 4 N–H and O–H groups in total. The Bertz CT molecular complexity index is 1110. The lowest BCUT2D eigenvalue weighted by molar-refractivity contribution is 0.0697. The first kappa shape index (κ1) is 15.9. The van der Waals surface area contributed by atoms with Gasteiger partial charge in [0.05, 0.1) is 11.1 Å². The summed E-state index contributed by atoms with van der Waals surface area (Å²) in [5, 5.41) is 22.1. The van der Waals surface area contributed by atoms with E-state index in [9.17, 15) is 9.90 Å². The summed E-state index contributed by atoms with van der Waals surface area (Å²) in [4.78, 5) is 16.9. The highest BCUT2D eigenvalue weighted by molar-refractivity contribution is 7.97. The van der Waals surface area contributed by atoms with Gasteiger partial charge >= 0.3 is 5.97 Å². The number of pyridine rings is 1. The minimum atomic E-state index is -0.961. The lowest BCUT2D eigenvalue weighted by Gasteiger charge is -2.10. The highest BCUT2D eigenvalue weighted by Crippen LogP contribution is 2.35. The quantitative estimate of drug-likeness (QED) is 0.447. The minimum Gasteiger partial charge on any atom is -0.478 e. The van der Waals surface area contributed by atoms with Crippen molar-refractivity contribution >= 4 is 61.7 Å². The van der Waals surface area contributed by atoms with E-state index in [0.717, 1.165) is 26.1 Å². The Labute approximate surface area is 151 Å². The number of benzene rings is 2. The number of nitrogens with one attached hydrogen (secondary N) is 1. The van der Waals surface area contributed by atoms with Crippen molar-refractivity contribution in [2.75, 3.05) is 5.32 Å². The molecule has 5 nitrogen and oxygen atoms in total. The number of hydrogen-bond donors (Lipinski definition) is 3. The molecule has 0 unspecified atom stereocenters. The number of carboxylic acids is 1. The van der Waals surface area contributed by atoms with Crippen LogP contribution in [0.5, 0.6) is 0 Å². The zero-order valence-electron chi connectivity index (χ0n) is 12.9. The molecule has 7 heteroatoms. The topological polar surface area (TPSA) is 88.2 Å². The normalized spacial score (nSPS) is 11.1. The summed E-state index contributed by atoms with van der Waals surface area (Å²) in [6.07, 6.45) is 0. The number of fused-ring (bicyclic) bond motifs is 3. The fourth-order valence-corrected chi connectivity index (χ4v) is 4.00. The van der Waals surface area contributed by atoms with Crippen molar-refractivity contribution < 1.29 is 9.90 Å². The van der Waals surface area contributed by atoms with Crippen molar-refractivity contribution in [3.8, 4) is 0 Å². The summed E-state index contributed by atoms with van der Waals surface area (Å²) in [7, 11) is 0. The second kappa shape index (κ2) is 6.36. The molecule has 0 saturated heterocycles. The van der Waals surface area contributed by atoms with E-state index in [-0.39, 0.29) is 5.56 Å². The monoisotopic (exact) mass is 367 g/mol. The molecule has 0 atom stereocenters. The molecule has 4 aromatic rings. The molecule has 0 bridgehead atoms. The van der Waals surface area contributed by atoms with Gasteiger partial charge in [0.25, 0.3) is 0 Å². The van der Waals surface area contributed by atoms with Gasteiger partial charge in [-0.2, -0.15) is 0 Å². The average molecular weight is 367 g/mol. The molecule has 124 valence electrons. The number of carboxylic acid groups (broad SMARTS) is 1. The van der Waals surface area contributed by atoms with E-state index in [1.807, 2.05) is 41.8 Å². The van der Waals surface area contributed by atoms with Crippen molar-refractivity contribution in [2.24, 2.45) is 5.14 Å². The summed E-state index contributed by atoms with van der Waals surface area (Å²) in [5.41, 5.74) is 1.76. The Balaban J connectivity index is 1.88. The van der Waals surface area contributed by atoms with Gasteiger partial charge in [-0.1, -0.05) is 12.1 Å². The van der Waals surface area contributed by atoms with E-state index in [2.05, 4.69) is 10.3 Å². The number of aromatic nitrogens is 1. The largest absolute Gasteiger partial charge is 0.478 e. The van der Waals surface area contributed by atoms with E-state index in [0.29, 0.717) is 11.3 Å². The number of anilines is 2. The number of rotatable bonds is 4. The van der Waals surface area contributed by atoms with Crippen LogP contribution in [0.25, 0.3) is 21.0 Å². The first-order valence-electron chi connectivity index (χ1n) is 7.44. The van der Waals surface area contributed by atoms with Crippen molar-refractivity contribution in [3.05, 3.63) is 59.5 Å². The second-order valence-electron chi connectivity index (χ2n) is 5.43. The first-order chi connectivity index (χ1) is 12.2. The number of hydrogen-bond acceptors (Lipinski definition) is 6. The van der Waals surface area contributed by atoms with Gasteiger partial charge in [-0.25, -0.2) is 9.78 Å². The van der Waals surface area contributed by atoms with Crippen LogP contribution in [0.4, 0.5) is 11.5 Å². The lowest BCUT2D eigenvalue weighted by Crippen LogP contribution is -1.98. The first-order valence-corrected chi connectivity index (χ1v) is 9.20. The molecule has 0 saturated carbocycles. The molecule has 0 spiro atoms. The SMILES string of the molecule is NSc1cccc(Nc2nc3cc(C(=O)O)ccc3c3sccc23)c1. The maximum atomic E-state index is 11.2. The number of thiophene rings is 1. The van der Waals surface area contributed by atoms with Gasteiger partial charge in [0.2, 0.25) is 0 Å². The number of nitrogens with two attached hydrogens (primary N) is 1. The molecule has 0 fully saturated rings. The predicted molar refractivity (Wildman–Crippen MR) is 104 cm³/mol. The zero-order chi connectivity index (χ0) is 17.4. The lowest BCUT2D eigenvalue weighted by atomic mass is 10.1. The maximum Gasteiger partial charge on any atom is 0.335 e. The summed E-state index contributed by atoms with van der Waals surface area (Å²) in [6, 6.07) is 14.8. The van der Waals surface area contributed by atoms with Crippen LogP contribution in [0.1, 0.15) is 10.4 Å². The Morgan fingerprint density at radius 1 is 1.16 bits per heavy atom. The van der Waals surface area contributed by atoms with E-state index in [1.54, 1.807) is 23.5 Å². The van der Waals surface area contributed by atoms with Gasteiger partial charge in [-0.3, -0.25) is 5.14 Å². The fourth-order valence-electron chi connectivity index (χ4n) is 2.71. The number of nitrogens with zero attached hydrogens (tertiary/aromatic N) is 1. The molecule has 2 aromatic heterocycles. The molecule has 0 amide bonds. The van der Waals surface area contributed by atoms with Gasteiger partial charge in [0.15, 0.2) is 0 Å². The second-order valence-corrected chi connectivity index (χ2v) is 7.05. The standard InChI is InChI=1S/C18H13N3O2S2/c19-25-12-3-1-2-11(9-12)20-17-14-6-7-24-16(14)13-5-4-10(18(22)23)8-15(13)21-17/h1-9H,19H2,(H,20,21)(H,22,23). The van der Waals surface area contributed by atoms with Crippen molar-refractivity contribution in [2.45, 2.75) is 4.90 Å². The van der Waals surface area contributed by atoms with Crippen LogP contribution in [0.2, 0.25) is 0 Å². The van der Waals surface area contributed by atoms with Crippen LogP contribution < -0.4 is 10.5 Å². The van der Waals surface area contributed by atoms with Crippen LogP contribution in [0, 0.1) is 0 Å². The van der Waals surface area contributed by atoms with Crippen LogP contribution in [-0.2, 0) is 0 Å². The fraction of sp³-hybridized carbons (Fsp3) is 0. The third kappa shape index (κ3) is 2.93. The van der Waals surface area contributed by atoms with Crippen molar-refractivity contribution in [1.29, 1.82) is 0 Å². The molecule has 0 radical (unpaired) electrons. The van der Waals surface area contributed by atoms with Gasteiger partial charge < -0.3 is 10.4 Å². The highest BCUT2D eigenvalue weighted by atomic mass is 32.2. The minimum absolute atomic E-state index is 0.225. The summed E-state index contributed by atoms with van der Waals surface area (Å²) in [5.74, 6) is -0.261. The van der Waals surface area contributed by atoms with Gasteiger partial charge in [0, 0.05) is 26.1 Å². The Hall–Kier alpha value is -2.61. The predicted octanol–water partition coefficient (Wildman–Crippen LogP) is 4.86. The van der Waals surface area contributed by atoms with Crippen molar-refractivity contribution in [3.63, 3.8) is 0 Å². The number of carbonyl (C=O) groups is 1. The molecule has 0 aliphatic rings. The molecule has 25 heavy (non-hydrogen) atoms. The van der Waals surface area contributed by atoms with Crippen molar-refractivity contribution in [1.82, 2.24) is 4.98 Å². The molecule has 2 aromatic carbocycles.